The highest BCUT2D eigenvalue weighted by molar-refractivity contribution is 6.30. The smallest absolute Gasteiger partial charge is 0.227 e. The minimum Gasteiger partial charge on any atom is -0.368 e. The van der Waals surface area contributed by atoms with Gasteiger partial charge >= 0.3 is 0 Å². The summed E-state index contributed by atoms with van der Waals surface area (Å²) >= 11 is 6.13. The molecule has 2 aromatic rings. The van der Waals surface area contributed by atoms with Gasteiger partial charge in [-0.3, -0.25) is 4.79 Å². The highest BCUT2D eigenvalue weighted by Gasteiger charge is 2.22. The van der Waals surface area contributed by atoms with Crippen molar-refractivity contribution in [3.05, 3.63) is 64.2 Å². The first kappa shape index (κ1) is 16.8. The van der Waals surface area contributed by atoms with E-state index in [0.717, 1.165) is 36.8 Å². The zero-order valence-electron chi connectivity index (χ0n) is 14.3. The van der Waals surface area contributed by atoms with Crippen LogP contribution in [-0.4, -0.2) is 37.0 Å². The second kappa shape index (κ2) is 7.27. The molecule has 3 nitrogen and oxygen atoms in total. The van der Waals surface area contributed by atoms with Gasteiger partial charge in [0.1, 0.15) is 0 Å². The predicted octanol–water partition coefficient (Wildman–Crippen LogP) is 3.85. The monoisotopic (exact) mass is 342 g/mol. The Hall–Kier alpha value is -2.00. The SMILES string of the molecule is Cc1ccc(CC(=O)N2CCN(c3cc(Cl)ccc3C)CC2)cc1. The average Bonchev–Trinajstić information content (AvgIpc) is 2.59. The molecule has 4 heteroatoms. The molecule has 3 rings (SSSR count). The highest BCUT2D eigenvalue weighted by atomic mass is 35.5. The van der Waals surface area contributed by atoms with Crippen LogP contribution >= 0.6 is 11.6 Å². The van der Waals surface area contributed by atoms with Crippen LogP contribution in [0.1, 0.15) is 16.7 Å². The van der Waals surface area contributed by atoms with Gasteiger partial charge in [0.2, 0.25) is 5.91 Å². The van der Waals surface area contributed by atoms with Crippen LogP contribution in [0.2, 0.25) is 5.02 Å². The molecule has 1 aliphatic rings. The maximum Gasteiger partial charge on any atom is 0.227 e. The molecular weight excluding hydrogens is 320 g/mol. The molecule has 0 radical (unpaired) electrons. The fraction of sp³-hybridized carbons (Fsp3) is 0.350. The van der Waals surface area contributed by atoms with Crippen molar-refractivity contribution < 1.29 is 4.79 Å². The molecule has 2 aromatic carbocycles. The third-order valence-corrected chi connectivity index (χ3v) is 4.86. The van der Waals surface area contributed by atoms with E-state index < -0.39 is 0 Å². The molecule has 0 aliphatic carbocycles. The Morgan fingerprint density at radius 1 is 1.00 bits per heavy atom. The summed E-state index contributed by atoms with van der Waals surface area (Å²) < 4.78 is 0. The van der Waals surface area contributed by atoms with Gasteiger partial charge in [0.05, 0.1) is 6.42 Å². The number of carbonyl (C=O) groups is 1. The van der Waals surface area contributed by atoms with Crippen molar-refractivity contribution in [2.24, 2.45) is 0 Å². The molecule has 1 aliphatic heterocycles. The number of hydrogen-bond donors (Lipinski definition) is 0. The number of rotatable bonds is 3. The van der Waals surface area contributed by atoms with Crippen LogP contribution in [0.5, 0.6) is 0 Å². The molecule has 0 N–H and O–H groups in total. The molecular formula is C20H23ClN2O. The van der Waals surface area contributed by atoms with E-state index in [0.29, 0.717) is 6.42 Å². The molecule has 0 bridgehead atoms. The summed E-state index contributed by atoms with van der Waals surface area (Å²) in [5.74, 6) is 0.210. The summed E-state index contributed by atoms with van der Waals surface area (Å²) in [5.41, 5.74) is 4.70. The molecule has 1 amide bonds. The van der Waals surface area contributed by atoms with E-state index in [-0.39, 0.29) is 5.91 Å². The van der Waals surface area contributed by atoms with Crippen LogP contribution in [0.25, 0.3) is 0 Å². The van der Waals surface area contributed by atoms with Crippen molar-refractivity contribution in [3.63, 3.8) is 0 Å². The van der Waals surface area contributed by atoms with E-state index in [1.165, 1.54) is 16.8 Å². The third kappa shape index (κ3) is 3.90. The van der Waals surface area contributed by atoms with Gasteiger partial charge in [-0.1, -0.05) is 47.5 Å². The number of nitrogens with zero attached hydrogens (tertiary/aromatic N) is 2. The van der Waals surface area contributed by atoms with Crippen molar-refractivity contribution >= 4 is 23.2 Å². The fourth-order valence-electron chi connectivity index (χ4n) is 3.11. The number of amides is 1. The summed E-state index contributed by atoms with van der Waals surface area (Å²) in [6.07, 6.45) is 0.483. The molecule has 0 saturated carbocycles. The van der Waals surface area contributed by atoms with Crippen LogP contribution in [0.3, 0.4) is 0 Å². The number of halogens is 1. The van der Waals surface area contributed by atoms with Gasteiger partial charge in [-0.25, -0.2) is 0 Å². The van der Waals surface area contributed by atoms with Gasteiger partial charge in [0.25, 0.3) is 0 Å². The van der Waals surface area contributed by atoms with Gasteiger partial charge in [-0.2, -0.15) is 0 Å². The summed E-state index contributed by atoms with van der Waals surface area (Å²) in [7, 11) is 0. The van der Waals surface area contributed by atoms with Crippen LogP contribution in [-0.2, 0) is 11.2 Å². The standard InChI is InChI=1S/C20H23ClN2O/c1-15-3-6-17(7-4-15)13-20(24)23-11-9-22(10-12-23)19-14-18(21)8-5-16(19)2/h3-8,14H,9-13H2,1-2H3. The zero-order chi connectivity index (χ0) is 17.1. The second-order valence-electron chi connectivity index (χ2n) is 6.46. The molecule has 0 unspecified atom stereocenters. The lowest BCUT2D eigenvalue weighted by Crippen LogP contribution is -2.49. The first-order chi connectivity index (χ1) is 11.5. The molecule has 0 spiro atoms. The molecule has 0 atom stereocenters. The quantitative estimate of drug-likeness (QED) is 0.846. The van der Waals surface area contributed by atoms with Crippen molar-refractivity contribution in [3.8, 4) is 0 Å². The van der Waals surface area contributed by atoms with Gasteiger partial charge in [0, 0.05) is 36.9 Å². The fourth-order valence-corrected chi connectivity index (χ4v) is 3.28. The maximum atomic E-state index is 12.5. The van der Waals surface area contributed by atoms with E-state index in [1.54, 1.807) is 0 Å². The Kier molecular flexibility index (Phi) is 5.10. The van der Waals surface area contributed by atoms with E-state index in [2.05, 4.69) is 30.9 Å². The van der Waals surface area contributed by atoms with E-state index in [1.807, 2.05) is 35.2 Å². The number of aryl methyl sites for hydroxylation is 2. The number of anilines is 1. The zero-order valence-corrected chi connectivity index (χ0v) is 15.0. The van der Waals surface area contributed by atoms with E-state index in [9.17, 15) is 4.79 Å². The van der Waals surface area contributed by atoms with Crippen LogP contribution in [0.15, 0.2) is 42.5 Å². The van der Waals surface area contributed by atoms with Crippen molar-refractivity contribution in [1.82, 2.24) is 4.90 Å². The Balaban J connectivity index is 1.59. The molecule has 1 fully saturated rings. The van der Waals surface area contributed by atoms with Crippen molar-refractivity contribution in [2.75, 3.05) is 31.1 Å². The number of hydrogen-bond acceptors (Lipinski definition) is 2. The van der Waals surface area contributed by atoms with Crippen LogP contribution in [0, 0.1) is 13.8 Å². The van der Waals surface area contributed by atoms with Crippen molar-refractivity contribution in [1.29, 1.82) is 0 Å². The Bertz CT molecular complexity index is 719. The summed E-state index contributed by atoms with van der Waals surface area (Å²) in [5, 5.41) is 0.758. The normalized spacial score (nSPS) is 14.8. The number of piperazine rings is 1. The minimum absolute atomic E-state index is 0.210. The first-order valence-electron chi connectivity index (χ1n) is 8.37. The largest absolute Gasteiger partial charge is 0.368 e. The van der Waals surface area contributed by atoms with Crippen LogP contribution < -0.4 is 4.90 Å². The summed E-state index contributed by atoms with van der Waals surface area (Å²) in [6, 6.07) is 14.2. The second-order valence-corrected chi connectivity index (χ2v) is 6.90. The lowest BCUT2D eigenvalue weighted by molar-refractivity contribution is -0.130. The molecule has 126 valence electrons. The molecule has 1 heterocycles. The molecule has 24 heavy (non-hydrogen) atoms. The third-order valence-electron chi connectivity index (χ3n) is 4.62. The Morgan fingerprint density at radius 3 is 2.33 bits per heavy atom. The average molecular weight is 343 g/mol. The van der Waals surface area contributed by atoms with Gasteiger partial charge in [-0.15, -0.1) is 0 Å². The van der Waals surface area contributed by atoms with Gasteiger partial charge in [-0.05, 0) is 37.1 Å². The molecule has 1 saturated heterocycles. The van der Waals surface area contributed by atoms with Gasteiger partial charge < -0.3 is 9.80 Å². The van der Waals surface area contributed by atoms with E-state index >= 15 is 0 Å². The summed E-state index contributed by atoms with van der Waals surface area (Å²) in [6.45, 7) is 7.37. The van der Waals surface area contributed by atoms with E-state index in [4.69, 9.17) is 11.6 Å². The van der Waals surface area contributed by atoms with Crippen LogP contribution in [0.4, 0.5) is 5.69 Å². The first-order valence-corrected chi connectivity index (χ1v) is 8.75. The predicted molar refractivity (Wildman–Crippen MR) is 99.9 cm³/mol. The Morgan fingerprint density at radius 2 is 1.67 bits per heavy atom. The summed E-state index contributed by atoms with van der Waals surface area (Å²) in [4.78, 5) is 16.8. The Labute approximate surface area is 148 Å². The lowest BCUT2D eigenvalue weighted by Gasteiger charge is -2.37. The topological polar surface area (TPSA) is 23.6 Å². The molecule has 0 aromatic heterocycles. The number of carbonyl (C=O) groups excluding carboxylic acids is 1. The van der Waals surface area contributed by atoms with Crippen molar-refractivity contribution in [2.45, 2.75) is 20.3 Å². The lowest BCUT2D eigenvalue weighted by atomic mass is 10.1. The van der Waals surface area contributed by atoms with Gasteiger partial charge in [0.15, 0.2) is 0 Å². The minimum atomic E-state index is 0.210. The number of benzene rings is 2. The maximum absolute atomic E-state index is 12.5. The highest BCUT2D eigenvalue weighted by Crippen LogP contribution is 2.25.